The van der Waals surface area contributed by atoms with Crippen molar-refractivity contribution in [1.82, 2.24) is 14.5 Å². The fraction of sp³-hybridized carbons (Fsp3) is 0.409. The number of carbonyl (C=O) groups excluding carboxylic acids is 1. The van der Waals surface area contributed by atoms with Crippen LogP contribution in [-0.2, 0) is 39.2 Å². The normalized spacial score (nSPS) is 15.2. The number of carbonyl (C=O) groups is 1. The molecule has 1 saturated heterocycles. The highest BCUT2D eigenvalue weighted by atomic mass is 35.5. The first-order valence-corrected chi connectivity index (χ1v) is 12.4. The Morgan fingerprint density at radius 1 is 1.13 bits per heavy atom. The quantitative estimate of drug-likeness (QED) is 0.614. The maximum absolute atomic E-state index is 12.5. The van der Waals surface area contributed by atoms with E-state index in [1.54, 1.807) is 24.3 Å². The van der Waals surface area contributed by atoms with Gasteiger partial charge in [-0.1, -0.05) is 54.1 Å². The van der Waals surface area contributed by atoms with E-state index in [1.807, 2.05) is 12.1 Å². The summed E-state index contributed by atoms with van der Waals surface area (Å²) in [5.41, 5.74) is 2.79. The van der Waals surface area contributed by atoms with Gasteiger partial charge in [0.05, 0.1) is 26.0 Å². The molecule has 2 aromatic rings. The van der Waals surface area contributed by atoms with E-state index >= 15 is 0 Å². The summed E-state index contributed by atoms with van der Waals surface area (Å²) in [5, 5.41) is 3.29. The zero-order chi connectivity index (χ0) is 22.3. The number of hydrogen-bond acceptors (Lipinski definition) is 5. The fourth-order valence-electron chi connectivity index (χ4n) is 3.38. The monoisotopic (exact) mass is 465 g/mol. The minimum Gasteiger partial charge on any atom is -0.379 e. The van der Waals surface area contributed by atoms with Crippen LogP contribution in [0.3, 0.4) is 0 Å². The molecule has 3 rings (SSSR count). The number of ether oxygens (including phenoxy) is 1. The van der Waals surface area contributed by atoms with Gasteiger partial charge in [-0.2, -0.15) is 4.31 Å². The molecule has 168 valence electrons. The maximum Gasteiger partial charge on any atom is 0.235 e. The van der Waals surface area contributed by atoms with E-state index in [0.29, 0.717) is 17.1 Å². The summed E-state index contributed by atoms with van der Waals surface area (Å²) in [6, 6.07) is 15.0. The first kappa shape index (κ1) is 23.7. The molecule has 1 fully saturated rings. The van der Waals surface area contributed by atoms with Crippen LogP contribution in [0.25, 0.3) is 0 Å². The standard InChI is InChI=1S/C22H28ClN3O4S/c1-31(28,29)26(16-20-7-2-3-8-21(20)23)17-22(27)24-14-18-5-4-6-19(13-18)15-25-9-11-30-12-10-25/h2-8,13H,9-12,14-17H2,1H3,(H,24,27). The van der Waals surface area contributed by atoms with Crippen LogP contribution in [0.1, 0.15) is 16.7 Å². The van der Waals surface area contributed by atoms with Crippen LogP contribution < -0.4 is 5.32 Å². The number of nitrogens with zero attached hydrogens (tertiary/aromatic N) is 2. The molecule has 0 bridgehead atoms. The number of hydrogen-bond donors (Lipinski definition) is 1. The summed E-state index contributed by atoms with van der Waals surface area (Å²) in [7, 11) is -3.58. The number of amides is 1. The fourth-order valence-corrected chi connectivity index (χ4v) is 4.30. The minimum atomic E-state index is -3.58. The molecule has 0 unspecified atom stereocenters. The van der Waals surface area contributed by atoms with E-state index < -0.39 is 10.0 Å². The molecular weight excluding hydrogens is 438 g/mol. The first-order chi connectivity index (χ1) is 14.8. The lowest BCUT2D eigenvalue weighted by molar-refractivity contribution is -0.121. The predicted octanol–water partition coefficient (Wildman–Crippen LogP) is 2.25. The van der Waals surface area contributed by atoms with Gasteiger partial charge in [0.2, 0.25) is 15.9 Å². The second-order valence-electron chi connectivity index (χ2n) is 7.61. The van der Waals surface area contributed by atoms with Crippen molar-refractivity contribution in [1.29, 1.82) is 0 Å². The third-order valence-electron chi connectivity index (χ3n) is 5.08. The topological polar surface area (TPSA) is 79.0 Å². The summed E-state index contributed by atoms with van der Waals surface area (Å²) < 4.78 is 30.9. The van der Waals surface area contributed by atoms with Crippen LogP contribution in [0.5, 0.6) is 0 Å². The number of sulfonamides is 1. The van der Waals surface area contributed by atoms with Gasteiger partial charge in [-0.05, 0) is 22.8 Å². The molecule has 9 heteroatoms. The molecule has 1 aliphatic heterocycles. The average molecular weight is 466 g/mol. The summed E-state index contributed by atoms with van der Waals surface area (Å²) in [5.74, 6) is -0.365. The van der Waals surface area contributed by atoms with Crippen molar-refractivity contribution >= 4 is 27.5 Å². The van der Waals surface area contributed by atoms with E-state index in [2.05, 4.69) is 22.3 Å². The minimum absolute atomic E-state index is 0.0426. The third-order valence-corrected chi connectivity index (χ3v) is 6.65. The lowest BCUT2D eigenvalue weighted by Gasteiger charge is -2.26. The van der Waals surface area contributed by atoms with E-state index in [-0.39, 0.29) is 19.0 Å². The summed E-state index contributed by atoms with van der Waals surface area (Å²) in [6.07, 6.45) is 1.09. The summed E-state index contributed by atoms with van der Waals surface area (Å²) >= 11 is 6.15. The molecule has 7 nitrogen and oxygen atoms in total. The highest BCUT2D eigenvalue weighted by Crippen LogP contribution is 2.18. The van der Waals surface area contributed by atoms with Crippen molar-refractivity contribution in [3.63, 3.8) is 0 Å². The van der Waals surface area contributed by atoms with Crippen molar-refractivity contribution < 1.29 is 17.9 Å². The largest absolute Gasteiger partial charge is 0.379 e. The zero-order valence-electron chi connectivity index (χ0n) is 17.6. The summed E-state index contributed by atoms with van der Waals surface area (Å²) in [6.45, 7) is 4.27. The Labute approximate surface area is 189 Å². The molecule has 0 atom stereocenters. The second-order valence-corrected chi connectivity index (χ2v) is 10.00. The number of rotatable bonds is 9. The Balaban J connectivity index is 1.56. The Morgan fingerprint density at radius 2 is 1.84 bits per heavy atom. The van der Waals surface area contributed by atoms with Crippen molar-refractivity contribution in [3.8, 4) is 0 Å². The highest BCUT2D eigenvalue weighted by Gasteiger charge is 2.21. The van der Waals surface area contributed by atoms with Gasteiger partial charge in [0.25, 0.3) is 0 Å². The molecule has 1 amide bonds. The van der Waals surface area contributed by atoms with Gasteiger partial charge in [-0.3, -0.25) is 9.69 Å². The Kier molecular flexibility index (Phi) is 8.45. The van der Waals surface area contributed by atoms with Crippen LogP contribution >= 0.6 is 11.6 Å². The van der Waals surface area contributed by atoms with Gasteiger partial charge in [0, 0.05) is 37.7 Å². The lowest BCUT2D eigenvalue weighted by atomic mass is 10.1. The van der Waals surface area contributed by atoms with Crippen LogP contribution in [0.15, 0.2) is 48.5 Å². The van der Waals surface area contributed by atoms with E-state index in [0.717, 1.165) is 49.0 Å². The van der Waals surface area contributed by atoms with Gasteiger partial charge in [0.1, 0.15) is 0 Å². The van der Waals surface area contributed by atoms with Gasteiger partial charge in [-0.15, -0.1) is 0 Å². The molecule has 31 heavy (non-hydrogen) atoms. The van der Waals surface area contributed by atoms with Crippen LogP contribution in [0.4, 0.5) is 0 Å². The second kappa shape index (κ2) is 11.1. The van der Waals surface area contributed by atoms with Gasteiger partial charge < -0.3 is 10.1 Å². The Morgan fingerprint density at radius 3 is 2.55 bits per heavy atom. The van der Waals surface area contributed by atoms with Crippen molar-refractivity contribution in [2.75, 3.05) is 39.1 Å². The Hall–Kier alpha value is -1.97. The van der Waals surface area contributed by atoms with E-state index in [4.69, 9.17) is 16.3 Å². The zero-order valence-corrected chi connectivity index (χ0v) is 19.2. The van der Waals surface area contributed by atoms with Crippen molar-refractivity contribution in [3.05, 3.63) is 70.2 Å². The van der Waals surface area contributed by atoms with E-state index in [9.17, 15) is 13.2 Å². The van der Waals surface area contributed by atoms with Crippen LogP contribution in [0.2, 0.25) is 5.02 Å². The van der Waals surface area contributed by atoms with Gasteiger partial charge >= 0.3 is 0 Å². The number of morpholine rings is 1. The smallest absolute Gasteiger partial charge is 0.235 e. The third kappa shape index (κ3) is 7.59. The summed E-state index contributed by atoms with van der Waals surface area (Å²) in [4.78, 5) is 14.8. The molecule has 0 saturated carbocycles. The molecule has 0 aliphatic carbocycles. The molecule has 1 N–H and O–H groups in total. The molecule has 0 spiro atoms. The number of benzene rings is 2. The van der Waals surface area contributed by atoms with Crippen molar-refractivity contribution in [2.24, 2.45) is 0 Å². The molecule has 2 aromatic carbocycles. The highest BCUT2D eigenvalue weighted by molar-refractivity contribution is 7.88. The molecule has 0 radical (unpaired) electrons. The molecule has 1 heterocycles. The van der Waals surface area contributed by atoms with Crippen LogP contribution in [0, 0.1) is 0 Å². The van der Waals surface area contributed by atoms with Gasteiger partial charge in [0.15, 0.2) is 0 Å². The molecular formula is C22H28ClN3O4S. The lowest BCUT2D eigenvalue weighted by Crippen LogP contribution is -2.39. The Bertz CT molecular complexity index is 994. The molecule has 1 aliphatic rings. The van der Waals surface area contributed by atoms with Crippen molar-refractivity contribution in [2.45, 2.75) is 19.6 Å². The molecule has 0 aromatic heterocycles. The number of nitrogens with one attached hydrogen (secondary N) is 1. The maximum atomic E-state index is 12.5. The van der Waals surface area contributed by atoms with Gasteiger partial charge in [-0.25, -0.2) is 8.42 Å². The van der Waals surface area contributed by atoms with E-state index in [1.165, 1.54) is 5.56 Å². The number of halogens is 1. The first-order valence-electron chi connectivity index (χ1n) is 10.1. The van der Waals surface area contributed by atoms with Crippen LogP contribution in [-0.4, -0.2) is 62.6 Å². The average Bonchev–Trinajstić information content (AvgIpc) is 2.74. The SMILES string of the molecule is CS(=O)(=O)N(CC(=O)NCc1cccc(CN2CCOCC2)c1)Cc1ccccc1Cl. The predicted molar refractivity (Wildman–Crippen MR) is 121 cm³/mol.